The van der Waals surface area contributed by atoms with Gasteiger partial charge in [0.2, 0.25) is 0 Å². The standard InChI is InChI=1S/C16H21FN4O4/c17-12-3-1-2-4-13(12)20-7-9-21(10-8-20)14(22)11-25-15(23)5-6-19-16(18)24/h1-4H,5-11H2,(H3,18,19,24). The van der Waals surface area contributed by atoms with Crippen LogP contribution in [0.1, 0.15) is 6.42 Å². The molecule has 1 heterocycles. The van der Waals surface area contributed by atoms with E-state index in [1.165, 1.54) is 6.07 Å². The van der Waals surface area contributed by atoms with Crippen LogP contribution in [0.3, 0.4) is 0 Å². The number of hydrogen-bond acceptors (Lipinski definition) is 5. The Bertz CT molecular complexity index is 632. The highest BCUT2D eigenvalue weighted by atomic mass is 19.1. The summed E-state index contributed by atoms with van der Waals surface area (Å²) in [6.45, 7) is 1.56. The molecular weight excluding hydrogens is 331 g/mol. The lowest BCUT2D eigenvalue weighted by Crippen LogP contribution is -2.50. The molecule has 8 nitrogen and oxygen atoms in total. The third-order valence-electron chi connectivity index (χ3n) is 3.81. The molecule has 9 heteroatoms. The average Bonchev–Trinajstić information content (AvgIpc) is 2.60. The number of nitrogens with zero attached hydrogens (tertiary/aromatic N) is 2. The lowest BCUT2D eigenvalue weighted by atomic mass is 10.2. The number of ether oxygens (including phenoxy) is 1. The highest BCUT2D eigenvalue weighted by Crippen LogP contribution is 2.20. The summed E-state index contributed by atoms with van der Waals surface area (Å²) in [4.78, 5) is 37.4. The van der Waals surface area contributed by atoms with Gasteiger partial charge in [-0.15, -0.1) is 0 Å². The van der Waals surface area contributed by atoms with Crippen molar-refractivity contribution in [1.82, 2.24) is 10.2 Å². The van der Waals surface area contributed by atoms with E-state index in [1.807, 2.05) is 4.90 Å². The fraction of sp³-hybridized carbons (Fsp3) is 0.438. The molecule has 2 rings (SSSR count). The number of hydrogen-bond donors (Lipinski definition) is 2. The first kappa shape index (κ1) is 18.5. The molecule has 1 saturated heterocycles. The Morgan fingerprint density at radius 2 is 1.84 bits per heavy atom. The second-order valence-corrected chi connectivity index (χ2v) is 5.52. The van der Waals surface area contributed by atoms with E-state index in [0.29, 0.717) is 31.9 Å². The van der Waals surface area contributed by atoms with Crippen LogP contribution >= 0.6 is 0 Å². The fourth-order valence-electron chi connectivity index (χ4n) is 2.50. The fourth-order valence-corrected chi connectivity index (χ4v) is 2.50. The Morgan fingerprint density at radius 1 is 1.16 bits per heavy atom. The van der Waals surface area contributed by atoms with Gasteiger partial charge in [0.25, 0.3) is 5.91 Å². The van der Waals surface area contributed by atoms with Gasteiger partial charge in [0.05, 0.1) is 12.1 Å². The number of benzene rings is 1. The zero-order valence-electron chi connectivity index (χ0n) is 13.7. The first-order valence-electron chi connectivity index (χ1n) is 7.93. The molecule has 0 saturated carbocycles. The van der Waals surface area contributed by atoms with Gasteiger partial charge in [-0.05, 0) is 12.1 Å². The Hall–Kier alpha value is -2.84. The van der Waals surface area contributed by atoms with Crippen LogP contribution in [0.15, 0.2) is 24.3 Å². The molecule has 0 unspecified atom stereocenters. The van der Waals surface area contributed by atoms with Gasteiger partial charge in [-0.25, -0.2) is 9.18 Å². The summed E-state index contributed by atoms with van der Waals surface area (Å²) in [7, 11) is 0. The maximum absolute atomic E-state index is 13.8. The summed E-state index contributed by atoms with van der Waals surface area (Å²) in [5, 5.41) is 2.26. The second-order valence-electron chi connectivity index (χ2n) is 5.52. The number of amides is 3. The van der Waals surface area contributed by atoms with E-state index in [4.69, 9.17) is 10.5 Å². The third kappa shape index (κ3) is 5.63. The topological polar surface area (TPSA) is 105 Å². The van der Waals surface area contributed by atoms with E-state index in [0.717, 1.165) is 0 Å². The Kier molecular flexibility index (Phi) is 6.55. The van der Waals surface area contributed by atoms with Crippen LogP contribution in [0.25, 0.3) is 0 Å². The maximum Gasteiger partial charge on any atom is 0.312 e. The lowest BCUT2D eigenvalue weighted by molar-refractivity contribution is -0.152. The van der Waals surface area contributed by atoms with Crippen LogP contribution in [-0.4, -0.2) is 62.1 Å². The van der Waals surface area contributed by atoms with E-state index in [9.17, 15) is 18.8 Å². The van der Waals surface area contributed by atoms with Crippen molar-refractivity contribution in [3.63, 3.8) is 0 Å². The number of halogens is 1. The van der Waals surface area contributed by atoms with Crippen LogP contribution < -0.4 is 16.0 Å². The molecule has 0 aromatic heterocycles. The minimum Gasteiger partial charge on any atom is -0.456 e. The van der Waals surface area contributed by atoms with E-state index < -0.39 is 12.0 Å². The zero-order chi connectivity index (χ0) is 18.2. The maximum atomic E-state index is 13.8. The quantitative estimate of drug-likeness (QED) is 0.705. The highest BCUT2D eigenvalue weighted by molar-refractivity contribution is 5.81. The van der Waals surface area contributed by atoms with Crippen molar-refractivity contribution in [2.45, 2.75) is 6.42 Å². The van der Waals surface area contributed by atoms with Gasteiger partial charge in [0.15, 0.2) is 6.61 Å². The minimum absolute atomic E-state index is 0.0583. The van der Waals surface area contributed by atoms with Gasteiger partial charge < -0.3 is 25.6 Å². The number of para-hydroxylation sites is 1. The predicted octanol–water partition coefficient (Wildman–Crippen LogP) is 0.0759. The number of nitrogens with two attached hydrogens (primary N) is 1. The first-order chi connectivity index (χ1) is 12.0. The normalized spacial score (nSPS) is 14.1. The molecule has 1 aliphatic rings. The van der Waals surface area contributed by atoms with Crippen molar-refractivity contribution in [3.8, 4) is 0 Å². The highest BCUT2D eigenvalue weighted by Gasteiger charge is 2.23. The zero-order valence-corrected chi connectivity index (χ0v) is 13.7. The van der Waals surface area contributed by atoms with Gasteiger partial charge in [-0.1, -0.05) is 12.1 Å². The van der Waals surface area contributed by atoms with Gasteiger partial charge in [0.1, 0.15) is 5.82 Å². The minimum atomic E-state index is -0.725. The van der Waals surface area contributed by atoms with Gasteiger partial charge in [-0.2, -0.15) is 0 Å². The summed E-state index contributed by atoms with van der Waals surface area (Å²) in [6, 6.07) is 5.78. The molecule has 3 amide bonds. The van der Waals surface area contributed by atoms with Crippen LogP contribution in [0, 0.1) is 5.82 Å². The number of anilines is 1. The number of rotatable bonds is 6. The Balaban J connectivity index is 1.71. The van der Waals surface area contributed by atoms with Gasteiger partial charge in [0, 0.05) is 32.7 Å². The third-order valence-corrected chi connectivity index (χ3v) is 3.81. The average molecular weight is 352 g/mol. The SMILES string of the molecule is NC(=O)NCCC(=O)OCC(=O)N1CCN(c2ccccc2F)CC1. The molecule has 25 heavy (non-hydrogen) atoms. The lowest BCUT2D eigenvalue weighted by Gasteiger charge is -2.36. The van der Waals surface area contributed by atoms with Gasteiger partial charge >= 0.3 is 12.0 Å². The van der Waals surface area contributed by atoms with Crippen molar-refractivity contribution in [3.05, 3.63) is 30.1 Å². The number of piperazine rings is 1. The van der Waals surface area contributed by atoms with Crippen LogP contribution in [0.2, 0.25) is 0 Å². The van der Waals surface area contributed by atoms with E-state index in [-0.39, 0.29) is 31.3 Å². The second kappa shape index (κ2) is 8.86. The monoisotopic (exact) mass is 352 g/mol. The summed E-state index contributed by atoms with van der Waals surface area (Å²) in [5.41, 5.74) is 5.39. The van der Waals surface area contributed by atoms with E-state index in [2.05, 4.69) is 5.32 Å². The van der Waals surface area contributed by atoms with Crippen molar-refractivity contribution in [2.24, 2.45) is 5.73 Å². The molecule has 0 atom stereocenters. The van der Waals surface area contributed by atoms with Crippen molar-refractivity contribution in [1.29, 1.82) is 0 Å². The van der Waals surface area contributed by atoms with Crippen LogP contribution in [0.5, 0.6) is 0 Å². The number of carbonyl (C=O) groups is 3. The summed E-state index contributed by atoms with van der Waals surface area (Å²) >= 11 is 0. The molecule has 1 aliphatic heterocycles. The number of nitrogens with one attached hydrogen (secondary N) is 1. The number of primary amides is 1. The molecule has 0 radical (unpaired) electrons. The van der Waals surface area contributed by atoms with Crippen molar-refractivity contribution >= 4 is 23.6 Å². The van der Waals surface area contributed by atoms with E-state index >= 15 is 0 Å². The molecule has 1 aromatic carbocycles. The largest absolute Gasteiger partial charge is 0.456 e. The molecule has 3 N–H and O–H groups in total. The number of esters is 1. The number of urea groups is 1. The first-order valence-corrected chi connectivity index (χ1v) is 7.93. The van der Waals surface area contributed by atoms with Gasteiger partial charge in [-0.3, -0.25) is 9.59 Å². The van der Waals surface area contributed by atoms with E-state index in [1.54, 1.807) is 23.1 Å². The smallest absolute Gasteiger partial charge is 0.312 e. The molecule has 0 aliphatic carbocycles. The molecular formula is C16H21FN4O4. The van der Waals surface area contributed by atoms with Crippen LogP contribution in [0.4, 0.5) is 14.9 Å². The Labute approximate surface area is 144 Å². The van der Waals surface area contributed by atoms with Crippen molar-refractivity contribution < 1.29 is 23.5 Å². The summed E-state index contributed by atoms with van der Waals surface area (Å²) < 4.78 is 18.7. The number of carbonyl (C=O) groups excluding carboxylic acids is 3. The summed E-state index contributed by atoms with van der Waals surface area (Å²) in [5.74, 6) is -1.18. The predicted molar refractivity (Wildman–Crippen MR) is 88.4 cm³/mol. The van der Waals surface area contributed by atoms with Crippen molar-refractivity contribution in [2.75, 3.05) is 44.2 Å². The van der Waals surface area contributed by atoms with Crippen LogP contribution in [-0.2, 0) is 14.3 Å². The Morgan fingerprint density at radius 3 is 2.48 bits per heavy atom. The molecule has 1 aromatic rings. The molecule has 136 valence electrons. The molecule has 0 spiro atoms. The molecule has 1 fully saturated rings. The summed E-state index contributed by atoms with van der Waals surface area (Å²) in [6.07, 6.45) is -0.0583. The molecule has 0 bridgehead atoms.